The quantitative estimate of drug-likeness (QED) is 0.304. The average molecular weight is 819 g/mol. The minimum atomic E-state index is -1.63. The lowest BCUT2D eigenvalue weighted by Crippen LogP contribution is -2.67. The Kier molecular flexibility index (Phi) is 9.58. The van der Waals surface area contributed by atoms with Gasteiger partial charge >= 0.3 is 12.1 Å². The van der Waals surface area contributed by atoms with Crippen LogP contribution >= 0.6 is 0 Å². The summed E-state index contributed by atoms with van der Waals surface area (Å²) in [6, 6.07) is 16.4. The molecule has 4 unspecified atom stereocenters. The second-order valence-electron chi connectivity index (χ2n) is 18.1. The number of barbiturate groups is 2. The molecule has 8 heterocycles. The third-order valence-electron chi connectivity index (χ3n) is 14.1. The number of piperidine rings is 2. The molecule has 8 amide bonds. The summed E-state index contributed by atoms with van der Waals surface area (Å²) in [4.78, 5) is 117. The lowest BCUT2D eigenvalue weighted by Gasteiger charge is -2.48. The second-order valence-corrected chi connectivity index (χ2v) is 18.1. The fourth-order valence-electron chi connectivity index (χ4n) is 11.4. The van der Waals surface area contributed by atoms with E-state index in [9.17, 15) is 38.4 Å². The fraction of sp³-hybridized carbons (Fsp3) is 0.500. The third-order valence-corrected chi connectivity index (χ3v) is 14.1. The molecular formula is C44H50N8O8. The van der Waals surface area contributed by atoms with Gasteiger partial charge in [0.2, 0.25) is 23.6 Å². The molecule has 0 radical (unpaired) electrons. The first-order chi connectivity index (χ1) is 28.6. The number of hydrogen-bond donors (Lipinski definition) is 0. The summed E-state index contributed by atoms with van der Waals surface area (Å²) in [5, 5.41) is 0. The van der Waals surface area contributed by atoms with Gasteiger partial charge in [-0.3, -0.25) is 48.4 Å². The van der Waals surface area contributed by atoms with Crippen LogP contribution in [0.15, 0.2) is 70.3 Å². The zero-order valence-corrected chi connectivity index (χ0v) is 34.4. The first-order valence-electron chi connectivity index (χ1n) is 20.7. The molecule has 4 atom stereocenters. The van der Waals surface area contributed by atoms with Crippen molar-refractivity contribution in [3.05, 3.63) is 104 Å². The maximum atomic E-state index is 14.3. The Morgan fingerprint density at radius 3 is 1.17 bits per heavy atom. The summed E-state index contributed by atoms with van der Waals surface area (Å²) in [5.41, 5.74) is -0.128. The first kappa shape index (κ1) is 39.7. The molecule has 1 aromatic carbocycles. The van der Waals surface area contributed by atoms with E-state index in [4.69, 9.17) is 0 Å². The van der Waals surface area contributed by atoms with E-state index in [0.29, 0.717) is 50.4 Å². The standard InChI is InChI=1S/C44H50N8O8/c1-45-37(55)43(38(56)46(2)41(45)59,25-49-19-29-15-31(23-49)33-7-5-9-35(53)51(33)21-29)17-27-11-13-28(14-12-27)18-44(39(57)47(3)42(60)48(4)40(44)58)26-50-20-30-16-32(24-50)34-8-6-10-36(54)52(34)22-30/h5-14,29-32H,15-26H2,1-4H3. The van der Waals surface area contributed by atoms with Crippen LogP contribution in [0.4, 0.5) is 9.59 Å². The van der Waals surface area contributed by atoms with Gasteiger partial charge in [0.25, 0.3) is 11.1 Å². The number of imide groups is 4. The van der Waals surface area contributed by atoms with Gasteiger partial charge in [0.05, 0.1) is 0 Å². The molecule has 0 saturated carbocycles. The van der Waals surface area contributed by atoms with Crippen molar-refractivity contribution in [2.75, 3.05) is 67.5 Å². The molecule has 314 valence electrons. The molecule has 4 saturated heterocycles. The van der Waals surface area contributed by atoms with Crippen molar-refractivity contribution in [1.82, 2.24) is 38.5 Å². The minimum absolute atomic E-state index is 0.00111. The number of nitrogens with zero attached hydrogens (tertiary/aromatic N) is 8. The molecular weight excluding hydrogens is 769 g/mol. The van der Waals surface area contributed by atoms with Crippen LogP contribution in [0, 0.1) is 22.7 Å². The molecule has 16 nitrogen and oxygen atoms in total. The molecule has 0 spiro atoms. The molecule has 60 heavy (non-hydrogen) atoms. The zero-order valence-electron chi connectivity index (χ0n) is 34.4. The van der Waals surface area contributed by atoms with Crippen molar-refractivity contribution >= 4 is 35.7 Å². The van der Waals surface area contributed by atoms with Gasteiger partial charge in [-0.15, -0.1) is 0 Å². The number of aromatic nitrogens is 2. The Morgan fingerprint density at radius 2 is 0.817 bits per heavy atom. The summed E-state index contributed by atoms with van der Waals surface area (Å²) >= 11 is 0. The van der Waals surface area contributed by atoms with E-state index in [1.807, 2.05) is 21.3 Å². The molecule has 2 aromatic heterocycles. The third kappa shape index (κ3) is 6.25. The number of urea groups is 2. The van der Waals surface area contributed by atoms with Crippen LogP contribution in [-0.4, -0.2) is 142 Å². The highest BCUT2D eigenvalue weighted by Gasteiger charge is 2.58. The lowest BCUT2D eigenvalue weighted by atomic mass is 9.74. The number of pyridine rings is 2. The highest BCUT2D eigenvalue weighted by molar-refractivity contribution is 6.20. The molecule has 0 aliphatic carbocycles. The van der Waals surface area contributed by atoms with Gasteiger partial charge < -0.3 is 18.9 Å². The van der Waals surface area contributed by atoms with E-state index in [-0.39, 0.29) is 60.7 Å². The van der Waals surface area contributed by atoms with Crippen LogP contribution in [0.5, 0.6) is 0 Å². The predicted octanol–water partition coefficient (Wildman–Crippen LogP) is 1.41. The van der Waals surface area contributed by atoms with Crippen molar-refractivity contribution in [2.24, 2.45) is 22.7 Å². The Hall–Kier alpha value is -5.74. The zero-order chi connectivity index (χ0) is 42.4. The number of carbonyl (C=O) groups is 6. The number of fused-ring (bicyclic) bond motifs is 8. The normalized spacial score (nSPS) is 26.4. The SMILES string of the molecule is CN1C(=O)N(C)C(=O)C(Cc2ccc(CC3(CN4CC5CC(C4)c4cccc(=O)n4C5)C(=O)N(C)C(=O)N(C)C3=O)cc2)(CN2CC3CC(C2)c2cccc(=O)n2C3)C1=O. The summed E-state index contributed by atoms with van der Waals surface area (Å²) in [6.07, 6.45) is 1.79. The molecule has 3 aromatic rings. The van der Waals surface area contributed by atoms with Gasteiger partial charge in [0.15, 0.2) is 0 Å². The van der Waals surface area contributed by atoms with Crippen molar-refractivity contribution in [2.45, 2.75) is 50.6 Å². The van der Waals surface area contributed by atoms with E-state index >= 15 is 0 Å². The molecule has 16 heteroatoms. The van der Waals surface area contributed by atoms with Crippen LogP contribution in [-0.2, 0) is 45.1 Å². The van der Waals surface area contributed by atoms with Gasteiger partial charge in [-0.25, -0.2) is 9.59 Å². The maximum absolute atomic E-state index is 14.3. The van der Waals surface area contributed by atoms with Crippen molar-refractivity contribution < 1.29 is 28.8 Å². The monoisotopic (exact) mass is 818 g/mol. The van der Waals surface area contributed by atoms with Crippen molar-refractivity contribution in [3.8, 4) is 0 Å². The Balaban J connectivity index is 1.00. The van der Waals surface area contributed by atoms with Gasteiger partial charge in [-0.05, 0) is 60.8 Å². The van der Waals surface area contributed by atoms with Gasteiger partial charge in [-0.2, -0.15) is 0 Å². The van der Waals surface area contributed by atoms with Gasteiger partial charge in [-0.1, -0.05) is 36.4 Å². The summed E-state index contributed by atoms with van der Waals surface area (Å²) in [7, 11) is 5.57. The van der Waals surface area contributed by atoms with Gasteiger partial charge in [0, 0.05) is 116 Å². The van der Waals surface area contributed by atoms with E-state index in [2.05, 4.69) is 9.80 Å². The van der Waals surface area contributed by atoms with Crippen LogP contribution in [0.1, 0.15) is 47.2 Å². The van der Waals surface area contributed by atoms with Crippen molar-refractivity contribution in [3.63, 3.8) is 0 Å². The lowest BCUT2D eigenvalue weighted by molar-refractivity contribution is -0.160. The fourth-order valence-corrected chi connectivity index (χ4v) is 11.4. The van der Waals surface area contributed by atoms with Crippen LogP contribution in [0.3, 0.4) is 0 Å². The highest BCUT2D eigenvalue weighted by atomic mass is 16.2. The molecule has 0 N–H and O–H groups in total. The predicted molar refractivity (Wildman–Crippen MR) is 217 cm³/mol. The minimum Gasteiger partial charge on any atom is -0.312 e. The highest BCUT2D eigenvalue weighted by Crippen LogP contribution is 2.42. The summed E-state index contributed by atoms with van der Waals surface area (Å²) in [6.45, 7) is 3.51. The number of carbonyl (C=O) groups excluding carboxylic acids is 6. The van der Waals surface area contributed by atoms with Crippen molar-refractivity contribution in [1.29, 1.82) is 0 Å². The van der Waals surface area contributed by atoms with E-state index < -0.39 is 46.5 Å². The molecule has 6 aliphatic heterocycles. The van der Waals surface area contributed by atoms with E-state index in [1.165, 1.54) is 28.2 Å². The van der Waals surface area contributed by atoms with Gasteiger partial charge in [0.1, 0.15) is 10.8 Å². The topological polar surface area (TPSA) is 166 Å². The molecule has 4 bridgehead atoms. The molecule has 9 rings (SSSR count). The maximum Gasteiger partial charge on any atom is 0.332 e. The number of hydrogen-bond acceptors (Lipinski definition) is 10. The average Bonchev–Trinajstić information content (AvgIpc) is 3.23. The smallest absolute Gasteiger partial charge is 0.312 e. The number of benzene rings is 1. The van der Waals surface area contributed by atoms with E-state index in [0.717, 1.165) is 43.8 Å². The Morgan fingerprint density at radius 1 is 0.467 bits per heavy atom. The second kappa shape index (κ2) is 14.5. The Bertz CT molecular complexity index is 2240. The molecule has 6 aliphatic rings. The number of amides is 8. The Labute approximate surface area is 346 Å². The largest absolute Gasteiger partial charge is 0.332 e. The summed E-state index contributed by atoms with van der Waals surface area (Å²) in [5.74, 6) is -1.95. The summed E-state index contributed by atoms with van der Waals surface area (Å²) < 4.78 is 3.66. The van der Waals surface area contributed by atoms with E-state index in [1.54, 1.807) is 48.5 Å². The van der Waals surface area contributed by atoms with Crippen LogP contribution < -0.4 is 11.1 Å². The van der Waals surface area contributed by atoms with Crippen LogP contribution in [0.2, 0.25) is 0 Å². The first-order valence-corrected chi connectivity index (χ1v) is 20.7. The number of rotatable bonds is 8. The molecule has 4 fully saturated rings. The number of likely N-dealkylation sites (tertiary alicyclic amines) is 2. The van der Waals surface area contributed by atoms with Crippen LogP contribution in [0.25, 0.3) is 0 Å².